The van der Waals surface area contributed by atoms with Crippen molar-refractivity contribution in [3.05, 3.63) is 35.4 Å². The minimum atomic E-state index is 0.582. The average molecular weight is 243 g/mol. The fraction of sp³-hybridized carbons (Fsp3) is 0.533. The average Bonchev–Trinajstić information content (AvgIpc) is 2.85. The van der Waals surface area contributed by atoms with Crippen LogP contribution in [0, 0.1) is 11.3 Å². The number of likely N-dealkylation sites (tertiary alicyclic amines) is 1. The first-order chi connectivity index (χ1) is 8.69. The van der Waals surface area contributed by atoms with Crippen LogP contribution >= 0.6 is 0 Å². The van der Waals surface area contributed by atoms with E-state index < -0.39 is 0 Å². The molecule has 3 heteroatoms. The van der Waals surface area contributed by atoms with Gasteiger partial charge in [-0.2, -0.15) is 5.26 Å². The van der Waals surface area contributed by atoms with Crippen LogP contribution in [0.25, 0.3) is 0 Å². The summed E-state index contributed by atoms with van der Waals surface area (Å²) in [5.41, 5.74) is 1.93. The van der Waals surface area contributed by atoms with E-state index in [-0.39, 0.29) is 0 Å². The van der Waals surface area contributed by atoms with Crippen LogP contribution in [-0.4, -0.2) is 30.1 Å². The Labute approximate surface area is 109 Å². The van der Waals surface area contributed by atoms with Crippen LogP contribution in [-0.2, 0) is 6.54 Å². The monoisotopic (exact) mass is 243 g/mol. The maximum atomic E-state index is 8.86. The van der Waals surface area contributed by atoms with Crippen molar-refractivity contribution in [3.63, 3.8) is 0 Å². The van der Waals surface area contributed by atoms with Crippen LogP contribution in [0.1, 0.15) is 31.4 Å². The van der Waals surface area contributed by atoms with E-state index in [1.54, 1.807) is 0 Å². The van der Waals surface area contributed by atoms with Crippen molar-refractivity contribution in [2.75, 3.05) is 13.1 Å². The van der Waals surface area contributed by atoms with Gasteiger partial charge in [-0.15, -0.1) is 0 Å². The molecule has 1 N–H and O–H groups in total. The summed E-state index contributed by atoms with van der Waals surface area (Å²) in [4.78, 5) is 2.50. The fourth-order valence-electron chi connectivity index (χ4n) is 2.44. The zero-order chi connectivity index (χ0) is 13.0. The minimum Gasteiger partial charge on any atom is -0.309 e. The maximum absolute atomic E-state index is 8.86. The highest BCUT2D eigenvalue weighted by atomic mass is 15.2. The molecule has 2 rings (SSSR count). The summed E-state index contributed by atoms with van der Waals surface area (Å²) < 4.78 is 0. The molecule has 1 atom stereocenters. The predicted octanol–water partition coefficient (Wildman–Crippen LogP) is 2.13. The van der Waals surface area contributed by atoms with Gasteiger partial charge in [0.2, 0.25) is 0 Å². The van der Waals surface area contributed by atoms with E-state index in [2.05, 4.69) is 36.2 Å². The standard InChI is InChI=1S/C15H21N3/c1-12(2)18-7-6-15(11-18)17-10-14-5-3-4-13(8-14)9-16/h3-5,8,12,15,17H,6-7,10-11H2,1-2H3. The number of benzene rings is 1. The minimum absolute atomic E-state index is 0.582. The van der Waals surface area contributed by atoms with Gasteiger partial charge >= 0.3 is 0 Å². The van der Waals surface area contributed by atoms with Crippen LogP contribution in [0.2, 0.25) is 0 Å². The highest BCUT2D eigenvalue weighted by Gasteiger charge is 2.23. The molecule has 0 bridgehead atoms. The molecule has 1 unspecified atom stereocenters. The summed E-state index contributed by atoms with van der Waals surface area (Å²) in [5, 5.41) is 12.4. The van der Waals surface area contributed by atoms with Gasteiger partial charge in [-0.05, 0) is 44.5 Å². The third-order valence-electron chi connectivity index (χ3n) is 3.60. The predicted molar refractivity (Wildman–Crippen MR) is 73.1 cm³/mol. The molecule has 1 aliphatic rings. The molecule has 18 heavy (non-hydrogen) atoms. The van der Waals surface area contributed by atoms with Crippen molar-refractivity contribution in [3.8, 4) is 6.07 Å². The van der Waals surface area contributed by atoms with Crippen LogP contribution in [0.4, 0.5) is 0 Å². The van der Waals surface area contributed by atoms with E-state index in [0.29, 0.717) is 12.1 Å². The van der Waals surface area contributed by atoms with Crippen molar-refractivity contribution < 1.29 is 0 Å². The lowest BCUT2D eigenvalue weighted by Gasteiger charge is -2.20. The Morgan fingerprint density at radius 1 is 1.50 bits per heavy atom. The van der Waals surface area contributed by atoms with E-state index in [1.165, 1.54) is 18.5 Å². The summed E-state index contributed by atoms with van der Waals surface area (Å²) in [6.07, 6.45) is 1.22. The lowest BCUT2D eigenvalue weighted by atomic mass is 10.1. The molecule has 96 valence electrons. The van der Waals surface area contributed by atoms with Crippen molar-refractivity contribution in [2.24, 2.45) is 0 Å². The van der Waals surface area contributed by atoms with Crippen LogP contribution in [0.15, 0.2) is 24.3 Å². The Morgan fingerprint density at radius 3 is 3.00 bits per heavy atom. The molecule has 0 radical (unpaired) electrons. The second-order valence-electron chi connectivity index (χ2n) is 5.27. The fourth-order valence-corrected chi connectivity index (χ4v) is 2.44. The summed E-state index contributed by atoms with van der Waals surface area (Å²) in [6, 6.07) is 11.2. The van der Waals surface area contributed by atoms with Gasteiger partial charge in [0.05, 0.1) is 11.6 Å². The number of nitriles is 1. The summed E-state index contributed by atoms with van der Waals surface area (Å²) in [6.45, 7) is 7.67. The molecule has 0 saturated carbocycles. The molecular formula is C15H21N3. The van der Waals surface area contributed by atoms with Crippen molar-refractivity contribution >= 4 is 0 Å². The topological polar surface area (TPSA) is 39.1 Å². The number of nitrogens with zero attached hydrogens (tertiary/aromatic N) is 2. The molecule has 1 saturated heterocycles. The summed E-state index contributed by atoms with van der Waals surface area (Å²) in [5.74, 6) is 0. The lowest BCUT2D eigenvalue weighted by Crippen LogP contribution is -2.34. The second kappa shape index (κ2) is 5.99. The zero-order valence-electron chi connectivity index (χ0n) is 11.2. The number of hydrogen-bond acceptors (Lipinski definition) is 3. The van der Waals surface area contributed by atoms with Gasteiger partial charge in [-0.3, -0.25) is 4.90 Å². The summed E-state index contributed by atoms with van der Waals surface area (Å²) in [7, 11) is 0. The molecule has 1 aliphatic heterocycles. The molecule has 1 aromatic carbocycles. The Kier molecular flexibility index (Phi) is 4.35. The van der Waals surface area contributed by atoms with E-state index in [9.17, 15) is 0 Å². The van der Waals surface area contributed by atoms with Crippen molar-refractivity contribution in [1.29, 1.82) is 5.26 Å². The van der Waals surface area contributed by atoms with Crippen molar-refractivity contribution in [1.82, 2.24) is 10.2 Å². The van der Waals surface area contributed by atoms with Gasteiger partial charge in [0.25, 0.3) is 0 Å². The highest BCUT2D eigenvalue weighted by Crippen LogP contribution is 2.13. The van der Waals surface area contributed by atoms with E-state index in [1.807, 2.05) is 18.2 Å². The van der Waals surface area contributed by atoms with Gasteiger partial charge in [0.1, 0.15) is 0 Å². The van der Waals surface area contributed by atoms with Crippen LogP contribution in [0.3, 0.4) is 0 Å². The SMILES string of the molecule is CC(C)N1CCC(NCc2cccc(C#N)c2)C1. The quantitative estimate of drug-likeness (QED) is 0.880. The zero-order valence-corrected chi connectivity index (χ0v) is 11.2. The number of nitrogens with one attached hydrogen (secondary N) is 1. The van der Waals surface area contributed by atoms with Crippen LogP contribution < -0.4 is 5.32 Å². The first-order valence-corrected chi connectivity index (χ1v) is 6.65. The molecule has 1 fully saturated rings. The van der Waals surface area contributed by atoms with Gasteiger partial charge < -0.3 is 5.32 Å². The lowest BCUT2D eigenvalue weighted by molar-refractivity contribution is 0.268. The number of hydrogen-bond donors (Lipinski definition) is 1. The van der Waals surface area contributed by atoms with Crippen molar-refractivity contribution in [2.45, 2.75) is 38.9 Å². The van der Waals surface area contributed by atoms with E-state index in [0.717, 1.165) is 18.7 Å². The molecule has 0 aromatic heterocycles. The second-order valence-corrected chi connectivity index (χ2v) is 5.27. The molecule has 1 aromatic rings. The van der Waals surface area contributed by atoms with Crippen LogP contribution in [0.5, 0.6) is 0 Å². The molecule has 0 amide bonds. The van der Waals surface area contributed by atoms with Gasteiger partial charge in [-0.25, -0.2) is 0 Å². The molecule has 3 nitrogen and oxygen atoms in total. The van der Waals surface area contributed by atoms with Gasteiger partial charge in [-0.1, -0.05) is 12.1 Å². The Balaban J connectivity index is 1.83. The highest BCUT2D eigenvalue weighted by molar-refractivity contribution is 5.32. The normalized spacial score (nSPS) is 20.2. The smallest absolute Gasteiger partial charge is 0.0991 e. The van der Waals surface area contributed by atoms with Gasteiger partial charge in [0, 0.05) is 25.2 Å². The largest absolute Gasteiger partial charge is 0.309 e. The molecule has 0 aliphatic carbocycles. The molecule has 0 spiro atoms. The maximum Gasteiger partial charge on any atom is 0.0991 e. The number of rotatable bonds is 4. The summed E-state index contributed by atoms with van der Waals surface area (Å²) >= 11 is 0. The Hall–Kier alpha value is -1.37. The third-order valence-corrected chi connectivity index (χ3v) is 3.60. The first-order valence-electron chi connectivity index (χ1n) is 6.65. The third kappa shape index (κ3) is 3.32. The molecule has 1 heterocycles. The van der Waals surface area contributed by atoms with E-state index >= 15 is 0 Å². The van der Waals surface area contributed by atoms with E-state index in [4.69, 9.17) is 5.26 Å². The Morgan fingerprint density at radius 2 is 2.33 bits per heavy atom. The van der Waals surface area contributed by atoms with Gasteiger partial charge in [0.15, 0.2) is 0 Å². The first kappa shape index (κ1) is 13.1. The Bertz CT molecular complexity index is 434. The molecular weight excluding hydrogens is 222 g/mol.